The Labute approximate surface area is 267 Å². The monoisotopic (exact) mass is 712 g/mol. The van der Waals surface area contributed by atoms with Gasteiger partial charge in [-0.1, -0.05) is 52.4 Å². The molecule has 2 aliphatic carbocycles. The Balaban J connectivity index is 1.52. The second-order valence-electron chi connectivity index (χ2n) is 11.1. The van der Waals surface area contributed by atoms with E-state index in [1.807, 2.05) is 0 Å². The summed E-state index contributed by atoms with van der Waals surface area (Å²) in [5.74, 6) is -8.36. The molecule has 0 aromatic heterocycles. The fourth-order valence-corrected chi connectivity index (χ4v) is 8.49. The van der Waals surface area contributed by atoms with E-state index >= 15 is 0 Å². The molecule has 4 amide bonds. The zero-order chi connectivity index (χ0) is 31.9. The van der Waals surface area contributed by atoms with Crippen molar-refractivity contribution in [2.75, 3.05) is 10.4 Å². The van der Waals surface area contributed by atoms with Gasteiger partial charge in [0.2, 0.25) is 11.8 Å². The number of phenolic OH excluding ortho intramolecular Hbond substituents is 1. The number of aromatic hydroxyl groups is 1. The quantitative estimate of drug-likeness (QED) is 0.181. The molecular weight excluding hydrogens is 692 g/mol. The third-order valence-electron chi connectivity index (χ3n) is 8.95. The van der Waals surface area contributed by atoms with Gasteiger partial charge in [-0.15, -0.1) is 36.4 Å². The van der Waals surface area contributed by atoms with Gasteiger partial charge in [0.15, 0.2) is 9.75 Å². The number of ether oxygens (including phenoxy) is 1. The summed E-state index contributed by atoms with van der Waals surface area (Å²) >= 11 is 17.3. The summed E-state index contributed by atoms with van der Waals surface area (Å²) < 4.78 is 43.6. The number of hydrogen-bond acceptors (Lipinski definition) is 6. The zero-order valence-corrected chi connectivity index (χ0v) is 25.6. The van der Waals surface area contributed by atoms with Crippen LogP contribution in [0.2, 0.25) is 0 Å². The molecule has 1 N–H and O–H groups in total. The van der Waals surface area contributed by atoms with Crippen LogP contribution in [0.25, 0.3) is 6.08 Å². The Morgan fingerprint density at radius 3 is 2.34 bits per heavy atom. The maximum absolute atomic E-state index is 14.0. The SMILES string of the molecule is C=Cc1ccc(N2C(=O)C3CC=C4C(CC5(Cl)C(=O)N(CBr)C(=O)C5(Cl)C4c4cc(OC(F)(F)F)ccc4O)C3C2=O)cc1. The number of imide groups is 2. The average Bonchev–Trinajstić information content (AvgIpc) is 3.31. The van der Waals surface area contributed by atoms with Crippen LogP contribution in [-0.4, -0.2) is 55.2 Å². The van der Waals surface area contributed by atoms with Gasteiger partial charge in [0, 0.05) is 11.5 Å². The van der Waals surface area contributed by atoms with Crippen LogP contribution in [0.15, 0.2) is 60.7 Å². The predicted molar refractivity (Wildman–Crippen MR) is 157 cm³/mol. The van der Waals surface area contributed by atoms with Gasteiger partial charge in [-0.3, -0.25) is 29.0 Å². The largest absolute Gasteiger partial charge is 0.573 e. The fourth-order valence-electron chi connectivity index (χ4n) is 7.07. The number of nitrogens with zero attached hydrogens (tertiary/aromatic N) is 2. The van der Waals surface area contributed by atoms with E-state index in [0.29, 0.717) is 11.3 Å². The van der Waals surface area contributed by atoms with Crippen LogP contribution >= 0.6 is 39.1 Å². The molecule has 3 fully saturated rings. The fraction of sp³-hybridized carbons (Fsp3) is 0.333. The van der Waals surface area contributed by atoms with E-state index in [0.717, 1.165) is 33.6 Å². The van der Waals surface area contributed by atoms with E-state index in [2.05, 4.69) is 27.2 Å². The molecule has 2 aromatic rings. The summed E-state index contributed by atoms with van der Waals surface area (Å²) in [5.41, 5.74) is 0.857. The van der Waals surface area contributed by atoms with Crippen LogP contribution in [0, 0.1) is 17.8 Å². The van der Waals surface area contributed by atoms with Gasteiger partial charge in [-0.25, -0.2) is 0 Å². The minimum Gasteiger partial charge on any atom is -0.508 e. The molecule has 6 unspecified atom stereocenters. The molecule has 44 heavy (non-hydrogen) atoms. The van der Waals surface area contributed by atoms with E-state index in [1.165, 1.54) is 0 Å². The van der Waals surface area contributed by atoms with Gasteiger partial charge >= 0.3 is 6.36 Å². The maximum Gasteiger partial charge on any atom is 0.573 e. The molecule has 8 nitrogen and oxygen atoms in total. The third kappa shape index (κ3) is 4.24. The number of hydrogen-bond donors (Lipinski definition) is 1. The number of alkyl halides is 6. The van der Waals surface area contributed by atoms with Crippen molar-refractivity contribution < 1.29 is 42.2 Å². The average molecular weight is 714 g/mol. The van der Waals surface area contributed by atoms with Crippen molar-refractivity contribution in [2.45, 2.75) is 34.9 Å². The number of anilines is 1. The van der Waals surface area contributed by atoms with Crippen LogP contribution in [0.4, 0.5) is 18.9 Å². The molecule has 0 spiro atoms. The lowest BCUT2D eigenvalue weighted by Gasteiger charge is -2.50. The molecule has 6 rings (SSSR count). The van der Waals surface area contributed by atoms with Crippen LogP contribution in [0.1, 0.15) is 29.9 Å². The zero-order valence-electron chi connectivity index (χ0n) is 22.5. The Hall–Kier alpha value is -3.35. The Morgan fingerprint density at radius 1 is 1.05 bits per heavy atom. The highest BCUT2D eigenvalue weighted by Crippen LogP contribution is 2.66. The molecule has 0 radical (unpaired) electrons. The normalized spacial score (nSPS) is 31.5. The molecule has 2 aromatic carbocycles. The first-order chi connectivity index (χ1) is 20.7. The van der Waals surface area contributed by atoms with Crippen molar-refractivity contribution in [3.05, 3.63) is 71.8 Å². The number of halogens is 6. The van der Waals surface area contributed by atoms with Crippen molar-refractivity contribution in [3.8, 4) is 11.5 Å². The molecule has 6 atom stereocenters. The van der Waals surface area contributed by atoms with E-state index in [1.54, 1.807) is 36.4 Å². The number of amides is 4. The van der Waals surface area contributed by atoms with Gasteiger partial charge in [-0.2, -0.15) is 0 Å². The molecule has 2 aliphatic heterocycles. The van der Waals surface area contributed by atoms with Crippen molar-refractivity contribution in [1.82, 2.24) is 4.90 Å². The van der Waals surface area contributed by atoms with Gasteiger partial charge < -0.3 is 9.84 Å². The lowest BCUT2D eigenvalue weighted by molar-refractivity contribution is -0.274. The number of fused-ring (bicyclic) bond motifs is 4. The lowest BCUT2D eigenvalue weighted by Crippen LogP contribution is -2.60. The molecule has 230 valence electrons. The first-order valence-corrected chi connectivity index (χ1v) is 15.2. The summed E-state index contributed by atoms with van der Waals surface area (Å²) in [4.78, 5) is 52.6. The van der Waals surface area contributed by atoms with Gasteiger partial charge in [0.1, 0.15) is 11.5 Å². The summed E-state index contributed by atoms with van der Waals surface area (Å²) in [6.07, 6.45) is -2.15. The third-order valence-corrected chi connectivity index (χ3v) is 10.9. The minimum absolute atomic E-state index is 0.0326. The first kappa shape index (κ1) is 30.7. The van der Waals surface area contributed by atoms with Crippen molar-refractivity contribution >= 4 is 74.5 Å². The molecule has 4 aliphatic rings. The topological polar surface area (TPSA) is 104 Å². The van der Waals surface area contributed by atoms with Crippen molar-refractivity contribution in [1.29, 1.82) is 0 Å². The van der Waals surface area contributed by atoms with Crippen molar-refractivity contribution in [3.63, 3.8) is 0 Å². The Morgan fingerprint density at radius 2 is 1.73 bits per heavy atom. The minimum atomic E-state index is -5.08. The summed E-state index contributed by atoms with van der Waals surface area (Å²) in [7, 11) is 0. The predicted octanol–water partition coefficient (Wildman–Crippen LogP) is 5.85. The summed E-state index contributed by atoms with van der Waals surface area (Å²) in [6.45, 7) is 3.70. The number of phenols is 1. The summed E-state index contributed by atoms with van der Waals surface area (Å²) in [6, 6.07) is 9.30. The highest BCUT2D eigenvalue weighted by molar-refractivity contribution is 9.09. The van der Waals surface area contributed by atoms with E-state index in [4.69, 9.17) is 23.2 Å². The van der Waals surface area contributed by atoms with Gasteiger partial charge in [0.25, 0.3) is 11.8 Å². The Kier molecular flexibility index (Phi) is 7.21. The summed E-state index contributed by atoms with van der Waals surface area (Å²) in [5, 5.41) is 11.0. The number of rotatable bonds is 5. The van der Waals surface area contributed by atoms with E-state index < -0.39 is 74.9 Å². The highest BCUT2D eigenvalue weighted by Gasteiger charge is 2.76. The number of allylic oxidation sites excluding steroid dienone is 2. The van der Waals surface area contributed by atoms with Crippen LogP contribution < -0.4 is 9.64 Å². The molecule has 2 saturated heterocycles. The number of carbonyl (C=O) groups is 4. The highest BCUT2D eigenvalue weighted by atomic mass is 79.9. The molecule has 2 heterocycles. The maximum atomic E-state index is 14.0. The van der Waals surface area contributed by atoms with E-state index in [9.17, 15) is 37.5 Å². The smallest absolute Gasteiger partial charge is 0.508 e. The standard InChI is InChI=1S/C30H22BrCl2F3N2O6/c1-2-14-3-5-15(6-4-14)38-24(40)18-9-8-17-20(22(18)25(38)41)12-28(32)26(42)37(13-31)27(43)29(28,33)23(17)19-11-16(7-10-21(19)39)44-30(34,35)36/h2-8,10-11,18,20,22-23,39H,1,9,12-13H2. The number of carbonyl (C=O) groups excluding carboxylic acids is 4. The molecule has 1 saturated carbocycles. The molecule has 14 heteroatoms. The molecular formula is C30H22BrCl2F3N2O6. The number of likely N-dealkylation sites (tertiary alicyclic amines) is 1. The lowest BCUT2D eigenvalue weighted by atomic mass is 9.56. The first-order valence-electron chi connectivity index (χ1n) is 13.4. The second kappa shape index (κ2) is 10.3. The Bertz CT molecular complexity index is 1670. The van der Waals surface area contributed by atoms with Crippen molar-refractivity contribution in [2.24, 2.45) is 17.8 Å². The van der Waals surface area contributed by atoms with E-state index in [-0.39, 0.29) is 23.9 Å². The van der Waals surface area contributed by atoms with Gasteiger partial charge in [0.05, 0.1) is 23.0 Å². The van der Waals surface area contributed by atoms with Crippen LogP contribution in [0.5, 0.6) is 11.5 Å². The molecule has 0 bridgehead atoms. The number of benzene rings is 2. The van der Waals surface area contributed by atoms with Crippen LogP contribution in [0.3, 0.4) is 0 Å². The van der Waals surface area contributed by atoms with Crippen LogP contribution in [-0.2, 0) is 19.2 Å². The second-order valence-corrected chi connectivity index (χ2v) is 12.8. The van der Waals surface area contributed by atoms with Gasteiger partial charge in [-0.05, 0) is 54.7 Å².